The van der Waals surface area contributed by atoms with E-state index >= 15 is 8.78 Å². The van der Waals surface area contributed by atoms with Gasteiger partial charge < -0.3 is 24.4 Å². The lowest BCUT2D eigenvalue weighted by Crippen LogP contribution is -2.38. The minimum atomic E-state index is -0.815. The number of hydrogen-bond acceptors (Lipinski definition) is 11. The van der Waals surface area contributed by atoms with E-state index in [0.717, 1.165) is 17.5 Å². The third-order valence-electron chi connectivity index (χ3n) is 7.52. The maximum Gasteiger partial charge on any atom is 0.412 e. The van der Waals surface area contributed by atoms with E-state index in [1.807, 2.05) is 25.1 Å². The molecular formula is C29H29F2N7O4S. The van der Waals surface area contributed by atoms with Gasteiger partial charge in [0.15, 0.2) is 11.6 Å². The number of amides is 1. The van der Waals surface area contributed by atoms with Gasteiger partial charge in [0.05, 0.1) is 47.5 Å². The average Bonchev–Trinajstić information content (AvgIpc) is 3.66. The molecule has 1 aromatic carbocycles. The first-order chi connectivity index (χ1) is 20.4. The van der Waals surface area contributed by atoms with Crippen LogP contribution in [0.4, 0.5) is 24.5 Å². The Morgan fingerprint density at radius 2 is 1.98 bits per heavy atom. The maximum absolute atomic E-state index is 16.7. The molecule has 2 N–H and O–H groups in total. The van der Waals surface area contributed by atoms with Gasteiger partial charge in [-0.2, -0.15) is 5.26 Å². The molecule has 1 amide bonds. The van der Waals surface area contributed by atoms with Crippen LogP contribution in [0.25, 0.3) is 32.2 Å². The summed E-state index contributed by atoms with van der Waals surface area (Å²) in [5, 5.41) is 23.8. The number of thiophene rings is 1. The Morgan fingerprint density at radius 1 is 1.23 bits per heavy atom. The molecular weight excluding hydrogens is 580 g/mol. The Morgan fingerprint density at radius 3 is 2.65 bits per heavy atom. The summed E-state index contributed by atoms with van der Waals surface area (Å²) in [6, 6.07) is 1.89. The zero-order valence-corrected chi connectivity index (χ0v) is 25.0. The summed E-state index contributed by atoms with van der Waals surface area (Å²) in [4.78, 5) is 29.6. The van der Waals surface area contributed by atoms with Gasteiger partial charge in [-0.1, -0.05) is 0 Å². The highest BCUT2D eigenvalue weighted by molar-refractivity contribution is 7.23. The van der Waals surface area contributed by atoms with Crippen molar-refractivity contribution in [3.05, 3.63) is 40.7 Å². The number of likely N-dealkylation sites (N-methyl/N-ethyl adjacent to an activating group) is 1. The second-order valence-corrected chi connectivity index (χ2v) is 12.8. The fraction of sp³-hybridized carbons (Fsp3) is 0.414. The van der Waals surface area contributed by atoms with E-state index in [2.05, 4.69) is 20.3 Å². The van der Waals surface area contributed by atoms with E-state index in [4.69, 9.17) is 9.47 Å². The van der Waals surface area contributed by atoms with E-state index in [1.54, 1.807) is 31.9 Å². The molecule has 0 bridgehead atoms. The molecule has 0 spiro atoms. The first-order valence-corrected chi connectivity index (χ1v) is 14.4. The molecule has 0 saturated carbocycles. The number of nitriles is 1. The number of aliphatic hydroxyl groups excluding tert-OH is 1. The van der Waals surface area contributed by atoms with Crippen molar-refractivity contribution in [3.63, 3.8) is 0 Å². The van der Waals surface area contributed by atoms with E-state index in [-0.39, 0.29) is 69.2 Å². The van der Waals surface area contributed by atoms with E-state index in [0.29, 0.717) is 23.1 Å². The van der Waals surface area contributed by atoms with E-state index in [1.165, 1.54) is 0 Å². The number of anilines is 2. The third kappa shape index (κ3) is 5.02. The summed E-state index contributed by atoms with van der Waals surface area (Å²) in [6.45, 7) is 6.06. The van der Waals surface area contributed by atoms with E-state index < -0.39 is 29.4 Å². The number of fused-ring (bicyclic) bond motifs is 4. The Balaban J connectivity index is 1.53. The second-order valence-electron chi connectivity index (χ2n) is 11.8. The normalized spacial score (nSPS) is 18.5. The summed E-state index contributed by atoms with van der Waals surface area (Å²) < 4.78 is 42.9. The molecule has 6 rings (SSSR count). The number of carbonyl (C=O) groups is 1. The lowest BCUT2D eigenvalue weighted by molar-refractivity contribution is 0.0636. The maximum atomic E-state index is 16.7. The Kier molecular flexibility index (Phi) is 7.16. The molecule has 2 aliphatic heterocycles. The standard InChI is InChI=1S/C29H29F2N7O4S/c1-29(2,3)42-28(40)36-26-13(6-32)21-24(33-8-17(30)25(21)43-26)20-16-12-41-11-15(16)14-7-34-27(35-23(14)22(20)31)38-9-18(37(4)5)19(39)10-38/h7-8,18-19,39H,9-12H2,1-5H3,(H,36,40)/t18-,19+/m0/s1. The number of rotatable bonds is 4. The molecule has 2 aliphatic rings. The van der Waals surface area contributed by atoms with Gasteiger partial charge in [-0.05, 0) is 46.0 Å². The molecule has 0 radical (unpaired) electrons. The molecule has 11 nitrogen and oxygen atoms in total. The molecule has 2 atom stereocenters. The van der Waals surface area contributed by atoms with Gasteiger partial charge >= 0.3 is 6.09 Å². The van der Waals surface area contributed by atoms with Crippen molar-refractivity contribution in [2.24, 2.45) is 0 Å². The van der Waals surface area contributed by atoms with Crippen molar-refractivity contribution in [2.75, 3.05) is 37.4 Å². The highest BCUT2D eigenvalue weighted by Crippen LogP contribution is 2.46. The third-order valence-corrected chi connectivity index (χ3v) is 8.64. The second kappa shape index (κ2) is 10.6. The molecule has 0 aliphatic carbocycles. The Bertz CT molecular complexity index is 1830. The minimum absolute atomic E-state index is 0.0205. The summed E-state index contributed by atoms with van der Waals surface area (Å²) in [5.74, 6) is -1.18. The quantitative estimate of drug-likeness (QED) is 0.339. The molecule has 4 aromatic rings. The predicted molar refractivity (Wildman–Crippen MR) is 157 cm³/mol. The van der Waals surface area contributed by atoms with Gasteiger partial charge in [0.2, 0.25) is 5.95 Å². The van der Waals surface area contributed by atoms with Gasteiger partial charge in [-0.3, -0.25) is 10.3 Å². The molecule has 224 valence electrons. The first-order valence-electron chi connectivity index (χ1n) is 13.6. The Hall–Kier alpha value is -4.03. The van der Waals surface area contributed by atoms with Crippen molar-refractivity contribution in [2.45, 2.75) is 51.7 Å². The molecule has 5 heterocycles. The average molecular weight is 610 g/mol. The van der Waals surface area contributed by atoms with E-state index in [9.17, 15) is 15.2 Å². The molecule has 1 saturated heterocycles. The number of aromatic nitrogens is 3. The SMILES string of the molecule is CN(C)[C@H]1CN(c2ncc3c4c(c(-c5ncc(F)c6sc(NC(=O)OC(C)(C)C)c(C#N)c56)c(F)c3n2)COC4)C[C@H]1O. The van der Waals surface area contributed by atoms with Crippen LogP contribution in [0.5, 0.6) is 0 Å². The molecule has 0 unspecified atom stereocenters. The van der Waals surface area contributed by atoms with Gasteiger partial charge in [0.1, 0.15) is 22.2 Å². The number of ether oxygens (including phenoxy) is 2. The zero-order valence-electron chi connectivity index (χ0n) is 24.2. The molecule has 1 fully saturated rings. The van der Waals surface area contributed by atoms with Gasteiger partial charge in [0.25, 0.3) is 0 Å². The Labute approximate surface area is 249 Å². The minimum Gasteiger partial charge on any atom is -0.444 e. The van der Waals surface area contributed by atoms with Crippen LogP contribution in [0.15, 0.2) is 12.4 Å². The number of halogens is 2. The van der Waals surface area contributed by atoms with Gasteiger partial charge in [-0.25, -0.2) is 23.5 Å². The lowest BCUT2D eigenvalue weighted by atomic mass is 9.94. The van der Waals surface area contributed by atoms with Crippen LogP contribution in [0, 0.1) is 23.0 Å². The van der Waals surface area contributed by atoms with Crippen molar-refractivity contribution in [1.29, 1.82) is 5.26 Å². The summed E-state index contributed by atoms with van der Waals surface area (Å²) in [5.41, 5.74) is 0.402. The molecule has 43 heavy (non-hydrogen) atoms. The van der Waals surface area contributed by atoms with Crippen molar-refractivity contribution < 1.29 is 28.2 Å². The van der Waals surface area contributed by atoms with Crippen LogP contribution in [-0.4, -0.2) is 76.0 Å². The first kappa shape index (κ1) is 29.1. The number of pyridine rings is 1. The van der Waals surface area contributed by atoms with Crippen LogP contribution in [-0.2, 0) is 22.7 Å². The number of nitrogens with one attached hydrogen (secondary N) is 1. The number of benzene rings is 1. The molecule has 3 aromatic heterocycles. The predicted octanol–water partition coefficient (Wildman–Crippen LogP) is 4.54. The highest BCUT2D eigenvalue weighted by Gasteiger charge is 2.35. The number of β-amino-alcohol motifs (C(OH)–C–C–N with tert-alkyl or cyclic N) is 1. The smallest absolute Gasteiger partial charge is 0.412 e. The number of hydrogen-bond donors (Lipinski definition) is 2. The van der Waals surface area contributed by atoms with Crippen LogP contribution in [0.3, 0.4) is 0 Å². The number of carbonyl (C=O) groups excluding carboxylic acids is 1. The topological polar surface area (TPSA) is 137 Å². The molecule has 14 heteroatoms. The summed E-state index contributed by atoms with van der Waals surface area (Å²) in [7, 11) is 3.75. The van der Waals surface area contributed by atoms with Crippen LogP contribution in [0.1, 0.15) is 37.5 Å². The summed E-state index contributed by atoms with van der Waals surface area (Å²) >= 11 is 0.840. The number of nitrogens with zero attached hydrogens (tertiary/aromatic N) is 6. The monoisotopic (exact) mass is 609 g/mol. The zero-order chi connectivity index (χ0) is 30.8. The van der Waals surface area contributed by atoms with Crippen molar-refractivity contribution in [1.82, 2.24) is 19.9 Å². The largest absolute Gasteiger partial charge is 0.444 e. The van der Waals surface area contributed by atoms with Crippen LogP contribution >= 0.6 is 11.3 Å². The number of aliphatic hydroxyl groups is 1. The summed E-state index contributed by atoms with van der Waals surface area (Å²) in [6.07, 6.45) is 1.07. The van der Waals surface area contributed by atoms with Crippen molar-refractivity contribution in [3.8, 4) is 17.3 Å². The van der Waals surface area contributed by atoms with Gasteiger partial charge in [0, 0.05) is 35.6 Å². The highest BCUT2D eigenvalue weighted by atomic mass is 32.1. The fourth-order valence-corrected chi connectivity index (χ4v) is 6.63. The van der Waals surface area contributed by atoms with Crippen molar-refractivity contribution >= 4 is 49.4 Å². The fourth-order valence-electron chi connectivity index (χ4n) is 5.59. The van der Waals surface area contributed by atoms with Crippen LogP contribution < -0.4 is 10.2 Å². The van der Waals surface area contributed by atoms with Gasteiger partial charge in [-0.15, -0.1) is 11.3 Å². The lowest BCUT2D eigenvalue weighted by Gasteiger charge is -2.21. The van der Waals surface area contributed by atoms with Crippen LogP contribution in [0.2, 0.25) is 0 Å².